The van der Waals surface area contributed by atoms with Gasteiger partial charge in [0.1, 0.15) is 5.01 Å². The van der Waals surface area contributed by atoms with Gasteiger partial charge in [-0.2, -0.15) is 0 Å². The monoisotopic (exact) mass is 342 g/mol. The first-order chi connectivity index (χ1) is 8.82. The topological polar surface area (TPSA) is 56.0 Å². The quantitative estimate of drug-likeness (QED) is 0.890. The summed E-state index contributed by atoms with van der Waals surface area (Å²) in [7, 11) is 0. The number of carbonyl (C=O) groups is 1. The van der Waals surface area contributed by atoms with Crippen LogP contribution in [-0.4, -0.2) is 10.9 Å². The van der Waals surface area contributed by atoms with Gasteiger partial charge < -0.3 is 5.73 Å². The highest BCUT2D eigenvalue weighted by Gasteiger charge is 2.31. The number of hydrogen-bond acceptors (Lipinski definition) is 3. The molecule has 5 heteroatoms. The third kappa shape index (κ3) is 3.15. The minimum atomic E-state index is -0.725. The fourth-order valence-electron chi connectivity index (χ4n) is 1.49. The van der Waals surface area contributed by atoms with Crippen LogP contribution in [0.25, 0.3) is 10.2 Å². The van der Waals surface area contributed by atoms with Gasteiger partial charge in [-0.3, -0.25) is 4.79 Å². The molecule has 2 rings (SSSR count). The molecule has 1 aromatic heterocycles. The maximum Gasteiger partial charge on any atom is 0.229 e. The van der Waals surface area contributed by atoms with Crippen LogP contribution in [0.3, 0.4) is 0 Å². The summed E-state index contributed by atoms with van der Waals surface area (Å²) in [5, 5.41) is 0.756. The van der Waals surface area contributed by atoms with E-state index in [0.29, 0.717) is 0 Å². The van der Waals surface area contributed by atoms with Crippen molar-refractivity contribution in [3.05, 3.63) is 27.2 Å². The van der Waals surface area contributed by atoms with E-state index in [2.05, 4.69) is 27.0 Å². The van der Waals surface area contributed by atoms with Gasteiger partial charge in [0, 0.05) is 4.47 Å². The minimum absolute atomic E-state index is 0.357. The average molecular weight is 343 g/mol. The van der Waals surface area contributed by atoms with Crippen LogP contribution in [0, 0.1) is 6.92 Å². The van der Waals surface area contributed by atoms with E-state index in [1.54, 1.807) is 13.8 Å². The Hall–Kier alpha value is -0.940. The number of aryl methyl sites for hydroxylation is 1. The molecule has 0 aliphatic carbocycles. The number of nitrogens with two attached hydrogens (primary N) is 1. The number of rotatable bonds is 2. The summed E-state index contributed by atoms with van der Waals surface area (Å²) in [5.74, 6) is -0.357. The third-order valence-corrected chi connectivity index (χ3v) is 4.67. The zero-order valence-electron chi connectivity index (χ0n) is 11.9. The average Bonchev–Trinajstić information content (AvgIpc) is 2.76. The Morgan fingerprint density at radius 1 is 1.37 bits per heavy atom. The summed E-state index contributed by atoms with van der Waals surface area (Å²) in [6.45, 7) is 9.63. The van der Waals surface area contributed by atoms with Crippen molar-refractivity contribution in [2.75, 3.05) is 0 Å². The zero-order valence-corrected chi connectivity index (χ0v) is 14.3. The van der Waals surface area contributed by atoms with Crippen molar-refractivity contribution in [2.24, 2.45) is 5.73 Å². The highest BCUT2D eigenvalue weighted by molar-refractivity contribution is 9.10. The second kappa shape index (κ2) is 6.01. The Morgan fingerprint density at radius 2 is 1.95 bits per heavy atom. The van der Waals surface area contributed by atoms with Gasteiger partial charge >= 0.3 is 0 Å². The number of aromatic nitrogens is 1. The second-order valence-corrected chi connectivity index (χ2v) is 6.49. The van der Waals surface area contributed by atoms with Gasteiger partial charge in [0.05, 0.1) is 15.6 Å². The van der Waals surface area contributed by atoms with Crippen molar-refractivity contribution in [1.29, 1.82) is 0 Å². The van der Waals surface area contributed by atoms with Crippen molar-refractivity contribution in [3.8, 4) is 0 Å². The summed E-state index contributed by atoms with van der Waals surface area (Å²) in [4.78, 5) is 15.9. The Kier molecular flexibility index (Phi) is 5.10. The summed E-state index contributed by atoms with van der Waals surface area (Å²) in [6, 6.07) is 4.08. The molecule has 3 nitrogen and oxygen atoms in total. The number of nitrogens with zero attached hydrogens (tertiary/aromatic N) is 1. The lowest BCUT2D eigenvalue weighted by Crippen LogP contribution is -2.35. The maximum atomic E-state index is 11.4. The Bertz CT molecular complexity index is 605. The Morgan fingerprint density at radius 3 is 2.47 bits per heavy atom. The van der Waals surface area contributed by atoms with E-state index in [1.807, 2.05) is 26.8 Å². The van der Waals surface area contributed by atoms with Gasteiger partial charge in [-0.05, 0) is 54.4 Å². The van der Waals surface area contributed by atoms with E-state index in [0.717, 1.165) is 25.3 Å². The number of hydrogen-bond donors (Lipinski definition) is 1. The molecule has 0 radical (unpaired) electrons. The summed E-state index contributed by atoms with van der Waals surface area (Å²) in [6.07, 6.45) is 0. The lowest BCUT2D eigenvalue weighted by atomic mass is 9.94. The molecule has 0 saturated carbocycles. The minimum Gasteiger partial charge on any atom is -0.369 e. The van der Waals surface area contributed by atoms with Crippen LogP contribution in [0.1, 0.15) is 38.3 Å². The van der Waals surface area contributed by atoms with Crippen LogP contribution in [0.15, 0.2) is 16.6 Å². The van der Waals surface area contributed by atoms with E-state index < -0.39 is 5.41 Å². The number of primary amides is 1. The van der Waals surface area contributed by atoms with Crippen LogP contribution in [0.5, 0.6) is 0 Å². The summed E-state index contributed by atoms with van der Waals surface area (Å²) < 4.78 is 2.02. The first kappa shape index (κ1) is 16.1. The number of halogens is 1. The molecule has 0 aliphatic heterocycles. The van der Waals surface area contributed by atoms with Crippen molar-refractivity contribution < 1.29 is 4.79 Å². The van der Waals surface area contributed by atoms with Crippen molar-refractivity contribution in [3.63, 3.8) is 0 Å². The molecule has 0 spiro atoms. The molecule has 1 aromatic carbocycles. The van der Waals surface area contributed by atoms with Gasteiger partial charge in [-0.1, -0.05) is 13.8 Å². The van der Waals surface area contributed by atoms with Gasteiger partial charge in [0.15, 0.2) is 0 Å². The summed E-state index contributed by atoms with van der Waals surface area (Å²) in [5.41, 5.74) is 6.74. The predicted octanol–water partition coefficient (Wildman–Crippen LogP) is 4.16. The molecule has 0 saturated heterocycles. The summed E-state index contributed by atoms with van der Waals surface area (Å²) >= 11 is 5.01. The maximum absolute atomic E-state index is 11.4. The third-order valence-electron chi connectivity index (χ3n) is 2.74. The molecule has 1 heterocycles. The number of amides is 1. The van der Waals surface area contributed by atoms with Crippen molar-refractivity contribution in [1.82, 2.24) is 4.98 Å². The second-order valence-electron chi connectivity index (χ2n) is 4.60. The van der Waals surface area contributed by atoms with E-state index in [4.69, 9.17) is 5.73 Å². The predicted molar refractivity (Wildman–Crippen MR) is 85.6 cm³/mol. The molecule has 19 heavy (non-hydrogen) atoms. The fraction of sp³-hybridized carbons (Fsp3) is 0.429. The van der Waals surface area contributed by atoms with E-state index in [1.165, 1.54) is 11.3 Å². The molecular formula is C14H19BrN2OS. The van der Waals surface area contributed by atoms with Gasteiger partial charge in [-0.25, -0.2) is 4.98 Å². The molecule has 104 valence electrons. The van der Waals surface area contributed by atoms with Crippen LogP contribution in [0.2, 0.25) is 0 Å². The van der Waals surface area contributed by atoms with Crippen LogP contribution >= 0.6 is 27.3 Å². The van der Waals surface area contributed by atoms with E-state index >= 15 is 0 Å². The lowest BCUT2D eigenvalue weighted by molar-refractivity contribution is -0.122. The van der Waals surface area contributed by atoms with Gasteiger partial charge in [-0.15, -0.1) is 11.3 Å². The van der Waals surface area contributed by atoms with Crippen LogP contribution in [-0.2, 0) is 10.2 Å². The zero-order chi connectivity index (χ0) is 14.8. The molecule has 2 N–H and O–H groups in total. The highest BCUT2D eigenvalue weighted by Crippen LogP contribution is 2.35. The highest BCUT2D eigenvalue weighted by atomic mass is 79.9. The molecule has 2 aromatic rings. The van der Waals surface area contributed by atoms with Crippen molar-refractivity contribution in [2.45, 2.75) is 40.0 Å². The largest absolute Gasteiger partial charge is 0.369 e. The number of benzene rings is 1. The molecule has 0 aliphatic rings. The van der Waals surface area contributed by atoms with E-state index in [-0.39, 0.29) is 5.91 Å². The number of fused-ring (bicyclic) bond motifs is 1. The van der Waals surface area contributed by atoms with Crippen LogP contribution < -0.4 is 5.73 Å². The number of carbonyl (C=O) groups excluding carboxylic acids is 1. The van der Waals surface area contributed by atoms with E-state index in [9.17, 15) is 4.79 Å². The Labute approximate surface area is 126 Å². The van der Waals surface area contributed by atoms with Gasteiger partial charge in [0.25, 0.3) is 0 Å². The lowest BCUT2D eigenvalue weighted by Gasteiger charge is -2.16. The van der Waals surface area contributed by atoms with Crippen molar-refractivity contribution >= 4 is 43.4 Å². The smallest absolute Gasteiger partial charge is 0.229 e. The normalized spacial score (nSPS) is 11.1. The van der Waals surface area contributed by atoms with Gasteiger partial charge in [0.2, 0.25) is 5.91 Å². The molecule has 0 fully saturated rings. The fourth-order valence-corrected chi connectivity index (χ4v) is 3.48. The molecule has 1 amide bonds. The first-order valence-electron chi connectivity index (χ1n) is 6.19. The molecule has 0 unspecified atom stereocenters. The Balaban J connectivity index is 0.000000861. The molecular weight excluding hydrogens is 324 g/mol. The standard InChI is InChI=1S/C12H13BrN2OS.C2H6/c1-6-4-7(13)9-8(5-6)17-11(15-9)12(2,3)10(14)16;1-2/h4-5H,1-3H3,(H2,14,16);1-2H3. The number of thiazole rings is 1. The molecule has 0 bridgehead atoms. The molecule has 0 atom stereocenters. The van der Waals surface area contributed by atoms with Crippen LogP contribution in [0.4, 0.5) is 0 Å². The first-order valence-corrected chi connectivity index (χ1v) is 7.80. The SMILES string of the molecule is CC.Cc1cc(Br)c2nc(C(C)(C)C(N)=O)sc2c1.